The van der Waals surface area contributed by atoms with Gasteiger partial charge in [0.1, 0.15) is 0 Å². The van der Waals surface area contributed by atoms with Crippen LogP contribution in [0.25, 0.3) is 32.0 Å². The first-order chi connectivity index (χ1) is 18.5. The fourth-order valence-electron chi connectivity index (χ4n) is 5.03. The highest BCUT2D eigenvalue weighted by Crippen LogP contribution is 2.66. The lowest BCUT2D eigenvalue weighted by atomic mass is 9.93. The maximum Gasteiger partial charge on any atom is 0.380 e. The van der Waals surface area contributed by atoms with Crippen LogP contribution in [-0.4, -0.2) is 17.8 Å². The lowest BCUT2D eigenvalue weighted by Gasteiger charge is -2.26. The Labute approximate surface area is 231 Å². The second kappa shape index (κ2) is 10.3. The van der Waals surface area contributed by atoms with Gasteiger partial charge in [0.15, 0.2) is 0 Å². The Morgan fingerprint density at radius 2 is 0.923 bits per heavy atom. The molecule has 0 saturated heterocycles. The van der Waals surface area contributed by atoms with Gasteiger partial charge in [-0.15, -0.1) is 22.7 Å². The van der Waals surface area contributed by atoms with Crippen LogP contribution in [0.2, 0.25) is 0 Å². The molecule has 0 N–H and O–H groups in total. The quantitative estimate of drug-likeness (QED) is 0.183. The van der Waals surface area contributed by atoms with E-state index in [2.05, 4.69) is 0 Å². The van der Waals surface area contributed by atoms with Crippen molar-refractivity contribution in [2.75, 3.05) is 0 Å². The third kappa shape index (κ3) is 4.45. The summed E-state index contributed by atoms with van der Waals surface area (Å²) in [4.78, 5) is 1.93. The molecule has 0 radical (unpaired) electrons. The molecule has 4 aromatic rings. The van der Waals surface area contributed by atoms with E-state index in [0.717, 1.165) is 0 Å². The zero-order valence-electron chi connectivity index (χ0n) is 21.3. The van der Waals surface area contributed by atoms with Crippen molar-refractivity contribution in [1.82, 2.24) is 0 Å². The van der Waals surface area contributed by atoms with Crippen molar-refractivity contribution in [3.63, 3.8) is 0 Å². The van der Waals surface area contributed by atoms with Gasteiger partial charge < -0.3 is 0 Å². The van der Waals surface area contributed by atoms with Crippen LogP contribution in [0.5, 0.6) is 0 Å². The highest BCUT2D eigenvalue weighted by atomic mass is 32.1. The molecule has 0 bridgehead atoms. The first-order valence-electron chi connectivity index (χ1n) is 12.8. The number of allylic oxidation sites excluding steroid dienone is 2. The number of rotatable bonds is 8. The number of hydrogen-bond acceptors (Lipinski definition) is 2. The lowest BCUT2D eigenvalue weighted by Crippen LogP contribution is -2.49. The molecule has 204 valence electrons. The predicted octanol–water partition coefficient (Wildman–Crippen LogP) is 10.9. The van der Waals surface area contributed by atoms with E-state index in [9.17, 15) is 0 Å². The lowest BCUT2D eigenvalue weighted by molar-refractivity contribution is -0.254. The average molecular weight is 577 g/mol. The molecule has 2 heterocycles. The zero-order chi connectivity index (χ0) is 28.0. The Bertz CT molecular complexity index is 1380. The van der Waals surface area contributed by atoms with Crippen molar-refractivity contribution in [3.8, 4) is 20.9 Å². The third-order valence-electron chi connectivity index (χ3n) is 6.89. The second-order valence-corrected chi connectivity index (χ2v) is 11.9. The molecule has 2 aromatic carbocycles. The van der Waals surface area contributed by atoms with Gasteiger partial charge in [-0.05, 0) is 47.2 Å². The summed E-state index contributed by atoms with van der Waals surface area (Å²) in [5, 5.41) is 0. The standard InChI is InChI=1S/C31H26F6S2/c1-3-11-23-21(17-25(38-23)19-13-7-5-8-14-19)27-28(30(34,35)31(36,37)29(27,32)33)22-18-26(39-24(22)12-4-2)20-15-9-6-10-16-20/h5-10,13-18H,3-4,11-12H2,1-2H3. The van der Waals surface area contributed by atoms with E-state index in [4.69, 9.17) is 0 Å². The van der Waals surface area contributed by atoms with Gasteiger partial charge in [0.2, 0.25) is 0 Å². The summed E-state index contributed by atoms with van der Waals surface area (Å²) in [5.74, 6) is -15.7. The van der Waals surface area contributed by atoms with E-state index < -0.39 is 28.9 Å². The van der Waals surface area contributed by atoms with Crippen LogP contribution >= 0.6 is 22.7 Å². The minimum absolute atomic E-state index is 0.215. The minimum atomic E-state index is -5.58. The molecule has 8 heteroatoms. The molecule has 2 aromatic heterocycles. The maximum absolute atomic E-state index is 15.7. The monoisotopic (exact) mass is 576 g/mol. The van der Waals surface area contributed by atoms with Crippen LogP contribution in [0.3, 0.4) is 0 Å². The van der Waals surface area contributed by atoms with E-state index >= 15 is 26.3 Å². The van der Waals surface area contributed by atoms with Crippen molar-refractivity contribution >= 4 is 33.8 Å². The molecule has 1 aliphatic carbocycles. The minimum Gasteiger partial charge on any atom is -0.194 e. The molecule has 0 unspecified atom stereocenters. The van der Waals surface area contributed by atoms with Crippen molar-refractivity contribution in [3.05, 3.63) is 93.7 Å². The Kier molecular flexibility index (Phi) is 7.31. The average Bonchev–Trinajstić information content (AvgIpc) is 3.54. The Morgan fingerprint density at radius 3 is 1.26 bits per heavy atom. The highest BCUT2D eigenvalue weighted by Gasteiger charge is 2.80. The van der Waals surface area contributed by atoms with Crippen molar-refractivity contribution in [2.45, 2.75) is 57.3 Å². The smallest absolute Gasteiger partial charge is 0.194 e. The topological polar surface area (TPSA) is 0 Å². The van der Waals surface area contributed by atoms with E-state index in [-0.39, 0.29) is 11.1 Å². The van der Waals surface area contributed by atoms with Crippen LogP contribution in [0, 0.1) is 0 Å². The number of aryl methyl sites for hydroxylation is 2. The zero-order valence-corrected chi connectivity index (χ0v) is 23.0. The molecule has 0 spiro atoms. The summed E-state index contributed by atoms with van der Waals surface area (Å²) in [5.41, 5.74) is -1.52. The molecule has 0 saturated carbocycles. The largest absolute Gasteiger partial charge is 0.380 e. The maximum atomic E-state index is 15.7. The number of thiophene rings is 2. The van der Waals surface area contributed by atoms with E-state index in [0.29, 0.717) is 56.3 Å². The van der Waals surface area contributed by atoms with Crippen LogP contribution in [0.1, 0.15) is 47.6 Å². The number of halogens is 6. The van der Waals surface area contributed by atoms with Gasteiger partial charge in [-0.25, -0.2) is 0 Å². The summed E-state index contributed by atoms with van der Waals surface area (Å²) in [6, 6.07) is 20.6. The first-order valence-corrected chi connectivity index (χ1v) is 14.4. The Morgan fingerprint density at radius 1 is 0.564 bits per heavy atom. The van der Waals surface area contributed by atoms with E-state index in [1.165, 1.54) is 34.8 Å². The van der Waals surface area contributed by atoms with Crippen LogP contribution in [0.4, 0.5) is 26.3 Å². The molecule has 0 nitrogen and oxygen atoms in total. The van der Waals surface area contributed by atoms with Gasteiger partial charge in [-0.2, -0.15) is 26.3 Å². The molecule has 39 heavy (non-hydrogen) atoms. The fourth-order valence-corrected chi connectivity index (χ4v) is 7.57. The molecule has 0 fully saturated rings. The number of hydrogen-bond donors (Lipinski definition) is 0. The van der Waals surface area contributed by atoms with Gasteiger partial charge in [-0.3, -0.25) is 0 Å². The summed E-state index contributed by atoms with van der Waals surface area (Å²) >= 11 is 2.37. The molecule has 0 atom stereocenters. The number of alkyl halides is 6. The van der Waals surface area contributed by atoms with Gasteiger partial charge in [0, 0.05) is 30.7 Å². The normalized spacial score (nSPS) is 17.6. The summed E-state index contributed by atoms with van der Waals surface area (Å²) in [7, 11) is 0. The van der Waals surface area contributed by atoms with Gasteiger partial charge in [-0.1, -0.05) is 87.4 Å². The van der Waals surface area contributed by atoms with Crippen LogP contribution in [-0.2, 0) is 12.8 Å². The number of benzene rings is 2. The third-order valence-corrected chi connectivity index (χ3v) is 9.38. The van der Waals surface area contributed by atoms with Crippen molar-refractivity contribution in [2.24, 2.45) is 0 Å². The summed E-state index contributed by atoms with van der Waals surface area (Å²) < 4.78 is 93.1. The van der Waals surface area contributed by atoms with Crippen LogP contribution < -0.4 is 0 Å². The molecular weight excluding hydrogens is 550 g/mol. The van der Waals surface area contributed by atoms with E-state index in [1.807, 2.05) is 13.8 Å². The predicted molar refractivity (Wildman–Crippen MR) is 149 cm³/mol. The first kappa shape index (κ1) is 27.7. The van der Waals surface area contributed by atoms with Crippen molar-refractivity contribution in [1.29, 1.82) is 0 Å². The van der Waals surface area contributed by atoms with Gasteiger partial charge >= 0.3 is 17.8 Å². The summed E-state index contributed by atoms with van der Waals surface area (Å²) in [6.45, 7) is 3.67. The van der Waals surface area contributed by atoms with Gasteiger partial charge in [0.25, 0.3) is 0 Å². The Balaban J connectivity index is 1.83. The molecule has 5 rings (SSSR count). The van der Waals surface area contributed by atoms with Crippen molar-refractivity contribution < 1.29 is 26.3 Å². The van der Waals surface area contributed by atoms with Gasteiger partial charge in [0.05, 0.1) is 0 Å². The Hall–Kier alpha value is -2.84. The molecular formula is C31H26F6S2. The second-order valence-electron chi connectivity index (χ2n) is 9.60. The molecule has 1 aliphatic rings. The van der Waals surface area contributed by atoms with Crippen LogP contribution in [0.15, 0.2) is 72.8 Å². The summed E-state index contributed by atoms with van der Waals surface area (Å²) in [6.07, 6.45) is 1.69. The molecule has 0 aliphatic heterocycles. The SMILES string of the molecule is CCCc1sc(-c2ccccc2)cc1C1=C(c2cc(-c3ccccc3)sc2CCC)C(F)(F)C(F)(F)C1(F)F. The molecule has 0 amide bonds. The fraction of sp³-hybridized carbons (Fsp3) is 0.290. The van der Waals surface area contributed by atoms with E-state index in [1.54, 1.807) is 60.7 Å². The highest BCUT2D eigenvalue weighted by molar-refractivity contribution is 7.16.